The highest BCUT2D eigenvalue weighted by Crippen LogP contribution is 2.28. The Hall–Kier alpha value is -3.63. The van der Waals surface area contributed by atoms with Gasteiger partial charge in [0.25, 0.3) is 5.91 Å². The van der Waals surface area contributed by atoms with Gasteiger partial charge in [-0.05, 0) is 69.0 Å². The molecule has 1 fully saturated rings. The molecule has 7 heteroatoms. The normalized spacial score (nSPS) is 18.3. The molecule has 6 nitrogen and oxygen atoms in total. The van der Waals surface area contributed by atoms with Gasteiger partial charge in [0.1, 0.15) is 34.5 Å². The molecular formula is C27H27FN4O2. The molecule has 0 bridgehead atoms. The molecule has 4 aromatic rings. The molecule has 34 heavy (non-hydrogen) atoms. The molecule has 2 N–H and O–H groups in total. The van der Waals surface area contributed by atoms with Crippen LogP contribution in [0.1, 0.15) is 54.4 Å². The number of nitrogens with one attached hydrogen (secondary N) is 2. The van der Waals surface area contributed by atoms with Crippen LogP contribution in [0.3, 0.4) is 0 Å². The summed E-state index contributed by atoms with van der Waals surface area (Å²) in [7, 11) is 0. The van der Waals surface area contributed by atoms with Crippen LogP contribution in [0.2, 0.25) is 0 Å². The number of fused-ring (bicyclic) bond motifs is 2. The average Bonchev–Trinajstić information content (AvgIpc) is 3.44. The quantitative estimate of drug-likeness (QED) is 0.400. The van der Waals surface area contributed by atoms with Gasteiger partial charge in [-0.25, -0.2) is 4.39 Å². The molecule has 2 heterocycles. The molecule has 2 atom stereocenters. The van der Waals surface area contributed by atoms with Crippen LogP contribution in [-0.4, -0.2) is 34.4 Å². The molecule has 1 aliphatic rings. The first-order valence-electron chi connectivity index (χ1n) is 11.8. The van der Waals surface area contributed by atoms with Crippen molar-refractivity contribution in [2.45, 2.75) is 51.2 Å². The Morgan fingerprint density at radius 1 is 1.26 bits per heavy atom. The Labute approximate surface area is 197 Å². The fourth-order valence-corrected chi connectivity index (χ4v) is 5.15. The smallest absolute Gasteiger partial charge is 0.270 e. The Morgan fingerprint density at radius 3 is 2.94 bits per heavy atom. The first kappa shape index (κ1) is 22.2. The van der Waals surface area contributed by atoms with Crippen molar-refractivity contribution in [2.75, 3.05) is 6.54 Å². The van der Waals surface area contributed by atoms with Crippen LogP contribution >= 0.6 is 0 Å². The number of amides is 1. The van der Waals surface area contributed by atoms with Crippen LogP contribution in [0, 0.1) is 17.1 Å². The maximum Gasteiger partial charge on any atom is 0.270 e. The molecular weight excluding hydrogens is 431 g/mol. The number of furan rings is 1. The van der Waals surface area contributed by atoms with E-state index in [-0.39, 0.29) is 23.8 Å². The van der Waals surface area contributed by atoms with Crippen LogP contribution in [0.25, 0.3) is 21.9 Å². The zero-order valence-corrected chi connectivity index (χ0v) is 19.1. The third-order valence-corrected chi connectivity index (χ3v) is 6.83. The van der Waals surface area contributed by atoms with Gasteiger partial charge in [-0.2, -0.15) is 5.26 Å². The number of benzene rings is 2. The molecule has 2 aromatic carbocycles. The van der Waals surface area contributed by atoms with E-state index < -0.39 is 0 Å². The summed E-state index contributed by atoms with van der Waals surface area (Å²) in [5, 5.41) is 14.7. The molecule has 1 saturated carbocycles. The number of para-hydroxylation sites is 1. The summed E-state index contributed by atoms with van der Waals surface area (Å²) >= 11 is 0. The SMILES string of the molecule is CCN(C(=O)c1cc2cc(F)ccc2[nH]1)[C@H]1CCC[C@@H](NCc2oc3ccccc3c2C#N)C1. The van der Waals surface area contributed by atoms with Gasteiger partial charge in [-0.3, -0.25) is 4.79 Å². The number of carbonyl (C=O) groups is 1. The van der Waals surface area contributed by atoms with Crippen molar-refractivity contribution in [1.29, 1.82) is 5.26 Å². The minimum absolute atomic E-state index is 0.0613. The number of H-pyrrole nitrogens is 1. The summed E-state index contributed by atoms with van der Waals surface area (Å²) in [4.78, 5) is 18.4. The second kappa shape index (κ2) is 9.32. The number of aromatic nitrogens is 1. The van der Waals surface area contributed by atoms with Crippen molar-refractivity contribution in [1.82, 2.24) is 15.2 Å². The van der Waals surface area contributed by atoms with Crippen molar-refractivity contribution in [3.8, 4) is 6.07 Å². The van der Waals surface area contributed by atoms with Crippen LogP contribution in [0.4, 0.5) is 4.39 Å². The lowest BCUT2D eigenvalue weighted by Crippen LogP contribution is -2.46. The molecule has 0 aliphatic heterocycles. The molecule has 1 aliphatic carbocycles. The van der Waals surface area contributed by atoms with E-state index >= 15 is 0 Å². The number of nitrogens with zero attached hydrogens (tertiary/aromatic N) is 2. The van der Waals surface area contributed by atoms with E-state index in [1.54, 1.807) is 12.1 Å². The van der Waals surface area contributed by atoms with Gasteiger partial charge in [-0.15, -0.1) is 0 Å². The number of carbonyl (C=O) groups excluding carboxylic acids is 1. The second-order valence-corrected chi connectivity index (χ2v) is 8.91. The van der Waals surface area contributed by atoms with Gasteiger partial charge in [0.15, 0.2) is 0 Å². The van der Waals surface area contributed by atoms with Crippen molar-refractivity contribution in [3.63, 3.8) is 0 Å². The van der Waals surface area contributed by atoms with Crippen molar-refractivity contribution in [2.24, 2.45) is 0 Å². The van der Waals surface area contributed by atoms with E-state index in [4.69, 9.17) is 4.42 Å². The van der Waals surface area contributed by atoms with Gasteiger partial charge in [-0.1, -0.05) is 12.1 Å². The lowest BCUT2D eigenvalue weighted by molar-refractivity contribution is 0.0622. The van der Waals surface area contributed by atoms with E-state index in [9.17, 15) is 14.4 Å². The summed E-state index contributed by atoms with van der Waals surface area (Å²) in [5.74, 6) is 0.274. The maximum absolute atomic E-state index is 13.6. The van der Waals surface area contributed by atoms with E-state index in [2.05, 4.69) is 16.4 Å². The molecule has 5 rings (SSSR count). The second-order valence-electron chi connectivity index (χ2n) is 8.91. The largest absolute Gasteiger partial charge is 0.458 e. The Kier molecular flexibility index (Phi) is 6.08. The highest BCUT2D eigenvalue weighted by molar-refractivity contribution is 5.98. The van der Waals surface area contributed by atoms with E-state index in [1.807, 2.05) is 36.1 Å². The predicted octanol–water partition coefficient (Wildman–Crippen LogP) is 5.49. The summed E-state index contributed by atoms with van der Waals surface area (Å²) in [6, 6.07) is 16.4. The van der Waals surface area contributed by atoms with Gasteiger partial charge in [0.2, 0.25) is 0 Å². The maximum atomic E-state index is 13.6. The van der Waals surface area contributed by atoms with Gasteiger partial charge >= 0.3 is 0 Å². The Balaban J connectivity index is 1.28. The van der Waals surface area contributed by atoms with Gasteiger partial charge in [0.05, 0.1) is 6.54 Å². The standard InChI is InChI=1S/C27H27FN4O2/c1-2-32(27(33)24-13-17-12-18(28)10-11-23(17)31-24)20-7-5-6-19(14-20)30-16-26-22(15-29)21-8-3-4-9-25(21)34-26/h3-4,8-13,19-20,30-31H,2,5-7,14,16H2,1H3/t19-,20+/m1/s1. The van der Waals surface area contributed by atoms with Crippen LogP contribution < -0.4 is 5.32 Å². The number of nitriles is 1. The fraction of sp³-hybridized carbons (Fsp3) is 0.333. The molecule has 2 aromatic heterocycles. The summed E-state index contributed by atoms with van der Waals surface area (Å²) in [6.45, 7) is 3.07. The van der Waals surface area contributed by atoms with Crippen LogP contribution in [0.5, 0.6) is 0 Å². The number of hydrogen-bond donors (Lipinski definition) is 2. The lowest BCUT2D eigenvalue weighted by atomic mass is 9.89. The van der Waals surface area contributed by atoms with Crippen LogP contribution in [-0.2, 0) is 6.54 Å². The van der Waals surface area contributed by atoms with E-state index in [0.717, 1.165) is 42.2 Å². The third kappa shape index (κ3) is 4.17. The monoisotopic (exact) mass is 458 g/mol. The minimum atomic E-state index is -0.317. The van der Waals surface area contributed by atoms with Gasteiger partial charge in [0, 0.05) is 34.9 Å². The lowest BCUT2D eigenvalue weighted by Gasteiger charge is -2.37. The topological polar surface area (TPSA) is 85.1 Å². The molecule has 0 unspecified atom stereocenters. The number of aromatic amines is 1. The first-order valence-corrected chi connectivity index (χ1v) is 11.8. The number of hydrogen-bond acceptors (Lipinski definition) is 4. The Bertz CT molecular complexity index is 1380. The zero-order valence-electron chi connectivity index (χ0n) is 19.1. The summed E-state index contributed by atoms with van der Waals surface area (Å²) in [5.41, 5.74) is 2.54. The van der Waals surface area contributed by atoms with Crippen molar-refractivity contribution < 1.29 is 13.6 Å². The summed E-state index contributed by atoms with van der Waals surface area (Å²) < 4.78 is 19.5. The molecule has 1 amide bonds. The Morgan fingerprint density at radius 2 is 2.12 bits per heavy atom. The van der Waals surface area contributed by atoms with Crippen molar-refractivity contribution >= 4 is 27.8 Å². The minimum Gasteiger partial charge on any atom is -0.458 e. The first-order chi connectivity index (χ1) is 16.6. The van der Waals surface area contributed by atoms with Gasteiger partial charge < -0.3 is 19.6 Å². The molecule has 0 spiro atoms. The van der Waals surface area contributed by atoms with Crippen LogP contribution in [0.15, 0.2) is 52.9 Å². The predicted molar refractivity (Wildman–Crippen MR) is 129 cm³/mol. The van der Waals surface area contributed by atoms with Crippen molar-refractivity contribution in [3.05, 3.63) is 71.4 Å². The van der Waals surface area contributed by atoms with E-state index in [1.165, 1.54) is 12.1 Å². The third-order valence-electron chi connectivity index (χ3n) is 6.83. The van der Waals surface area contributed by atoms with E-state index in [0.29, 0.717) is 35.5 Å². The molecule has 174 valence electrons. The highest BCUT2D eigenvalue weighted by Gasteiger charge is 2.30. The summed E-state index contributed by atoms with van der Waals surface area (Å²) in [6.07, 6.45) is 3.79. The molecule has 0 radical (unpaired) electrons. The molecule has 0 saturated heterocycles. The highest BCUT2D eigenvalue weighted by atomic mass is 19.1. The average molecular weight is 459 g/mol. The zero-order chi connectivity index (χ0) is 23.7. The number of rotatable bonds is 6. The fourth-order valence-electron chi connectivity index (χ4n) is 5.15. The number of halogens is 1.